The van der Waals surface area contributed by atoms with Gasteiger partial charge in [-0.15, -0.1) is 0 Å². The third-order valence-electron chi connectivity index (χ3n) is 5.70. The van der Waals surface area contributed by atoms with Gasteiger partial charge >= 0.3 is 0 Å². The van der Waals surface area contributed by atoms with Crippen LogP contribution in [0.25, 0.3) is 21.8 Å². The van der Waals surface area contributed by atoms with E-state index in [9.17, 15) is 0 Å². The Morgan fingerprint density at radius 1 is 1.06 bits per heavy atom. The van der Waals surface area contributed by atoms with Crippen molar-refractivity contribution in [2.75, 3.05) is 19.7 Å². The molecule has 4 nitrogen and oxygen atoms in total. The topological polar surface area (TPSA) is 39.1 Å². The van der Waals surface area contributed by atoms with Crippen LogP contribution in [0.1, 0.15) is 11.3 Å². The van der Waals surface area contributed by atoms with Crippen molar-refractivity contribution in [3.8, 4) is 5.75 Å². The number of fused-ring (bicyclic) bond motifs is 4. The summed E-state index contributed by atoms with van der Waals surface area (Å²) < 4.78 is 10.4. The van der Waals surface area contributed by atoms with Gasteiger partial charge in [0, 0.05) is 45.1 Å². The standard InChI is InChI=1S/C23H19Br2Cl2N3O/c24-17-12-18(25)23(21-15(17)2-1-5-29-21)31-9-8-30-20-4-7-28-6-3-14(20)16-10-13(26)11-19(27)22(16)30/h1-2,5,10-12,28H,3-4,6-9H2. The molecular formula is C23H19Br2Cl2N3O. The molecular weight excluding hydrogens is 565 g/mol. The molecule has 3 heterocycles. The number of halogens is 4. The molecule has 8 heteroatoms. The van der Waals surface area contributed by atoms with Crippen molar-refractivity contribution < 1.29 is 4.74 Å². The summed E-state index contributed by atoms with van der Waals surface area (Å²) in [6, 6.07) is 9.81. The number of nitrogens with zero attached hydrogens (tertiary/aromatic N) is 2. The third-order valence-corrected chi connectivity index (χ3v) is 7.45. The largest absolute Gasteiger partial charge is 0.488 e. The first-order valence-electron chi connectivity index (χ1n) is 10.1. The number of nitrogens with one attached hydrogen (secondary N) is 1. The predicted molar refractivity (Wildman–Crippen MR) is 135 cm³/mol. The van der Waals surface area contributed by atoms with E-state index in [-0.39, 0.29) is 0 Å². The normalized spacial score (nSPS) is 14.1. The van der Waals surface area contributed by atoms with Crippen LogP contribution in [-0.2, 0) is 19.4 Å². The number of ether oxygens (including phenoxy) is 1. The molecule has 0 atom stereocenters. The molecule has 1 N–H and O–H groups in total. The summed E-state index contributed by atoms with van der Waals surface area (Å²) in [6.07, 6.45) is 3.69. The fraction of sp³-hybridized carbons (Fsp3) is 0.261. The Kier molecular flexibility index (Phi) is 6.19. The van der Waals surface area contributed by atoms with Crippen molar-refractivity contribution in [1.29, 1.82) is 0 Å². The second kappa shape index (κ2) is 8.91. The molecule has 0 saturated heterocycles. The Balaban J connectivity index is 1.51. The van der Waals surface area contributed by atoms with Crippen molar-refractivity contribution in [1.82, 2.24) is 14.9 Å². The highest BCUT2D eigenvalue weighted by Crippen LogP contribution is 2.38. The van der Waals surface area contributed by atoms with Gasteiger partial charge in [-0.3, -0.25) is 4.98 Å². The van der Waals surface area contributed by atoms with Crippen LogP contribution in [0.5, 0.6) is 5.75 Å². The lowest BCUT2D eigenvalue weighted by Crippen LogP contribution is -2.18. The first-order chi connectivity index (χ1) is 15.0. The minimum atomic E-state index is 0.495. The van der Waals surface area contributed by atoms with Crippen LogP contribution in [0, 0.1) is 0 Å². The van der Waals surface area contributed by atoms with Gasteiger partial charge in [-0.1, -0.05) is 45.2 Å². The van der Waals surface area contributed by atoms with Crippen LogP contribution < -0.4 is 10.1 Å². The van der Waals surface area contributed by atoms with Gasteiger partial charge in [0.25, 0.3) is 0 Å². The summed E-state index contributed by atoms with van der Waals surface area (Å²) >= 11 is 20.2. The highest BCUT2D eigenvalue weighted by Gasteiger charge is 2.21. The Hall–Kier alpha value is -1.31. The Bertz CT molecular complexity index is 1310. The van der Waals surface area contributed by atoms with E-state index < -0.39 is 0 Å². The molecule has 5 rings (SSSR count). The van der Waals surface area contributed by atoms with Gasteiger partial charge in [-0.25, -0.2) is 0 Å². The summed E-state index contributed by atoms with van der Waals surface area (Å²) in [5, 5.41) is 7.00. The molecule has 31 heavy (non-hydrogen) atoms. The van der Waals surface area contributed by atoms with Crippen molar-refractivity contribution >= 4 is 76.9 Å². The van der Waals surface area contributed by atoms with E-state index in [0.29, 0.717) is 23.2 Å². The summed E-state index contributed by atoms with van der Waals surface area (Å²) in [6.45, 7) is 3.08. The quantitative estimate of drug-likeness (QED) is 0.288. The van der Waals surface area contributed by atoms with Crippen molar-refractivity contribution in [2.45, 2.75) is 19.4 Å². The zero-order valence-corrected chi connectivity index (χ0v) is 21.2. The molecule has 1 aliphatic rings. The fourth-order valence-electron chi connectivity index (χ4n) is 4.40. The molecule has 0 radical (unpaired) electrons. The lowest BCUT2D eigenvalue weighted by atomic mass is 10.1. The number of hydrogen-bond acceptors (Lipinski definition) is 3. The summed E-state index contributed by atoms with van der Waals surface area (Å²) in [5.74, 6) is 0.747. The Labute approximate surface area is 207 Å². The van der Waals surface area contributed by atoms with E-state index >= 15 is 0 Å². The Morgan fingerprint density at radius 3 is 2.77 bits per heavy atom. The molecule has 1 aliphatic heterocycles. The van der Waals surface area contributed by atoms with Gasteiger partial charge < -0.3 is 14.6 Å². The zero-order valence-electron chi connectivity index (χ0n) is 16.5. The fourth-order valence-corrected chi connectivity index (χ4v) is 6.39. The lowest BCUT2D eigenvalue weighted by molar-refractivity contribution is 0.300. The average Bonchev–Trinajstić information content (AvgIpc) is 2.89. The third kappa shape index (κ3) is 3.98. The number of benzene rings is 2. The molecule has 0 aliphatic carbocycles. The molecule has 0 unspecified atom stereocenters. The number of pyridine rings is 1. The van der Waals surface area contributed by atoms with Crippen molar-refractivity contribution in [3.63, 3.8) is 0 Å². The van der Waals surface area contributed by atoms with E-state index in [2.05, 4.69) is 46.7 Å². The van der Waals surface area contributed by atoms with Gasteiger partial charge in [0.1, 0.15) is 12.1 Å². The van der Waals surface area contributed by atoms with E-state index in [1.54, 1.807) is 6.20 Å². The van der Waals surface area contributed by atoms with Gasteiger partial charge in [0.2, 0.25) is 0 Å². The molecule has 160 valence electrons. The average molecular weight is 584 g/mol. The summed E-state index contributed by atoms with van der Waals surface area (Å²) in [7, 11) is 0. The maximum absolute atomic E-state index is 6.66. The van der Waals surface area contributed by atoms with Crippen LogP contribution in [0.15, 0.2) is 45.5 Å². The van der Waals surface area contributed by atoms with Gasteiger partial charge in [0.05, 0.1) is 21.6 Å². The van der Waals surface area contributed by atoms with Gasteiger partial charge in [0.15, 0.2) is 5.75 Å². The van der Waals surface area contributed by atoms with E-state index in [0.717, 1.165) is 62.4 Å². The van der Waals surface area contributed by atoms with Crippen LogP contribution in [-0.4, -0.2) is 29.2 Å². The van der Waals surface area contributed by atoms with Crippen molar-refractivity contribution in [3.05, 3.63) is 66.8 Å². The van der Waals surface area contributed by atoms with E-state index in [1.165, 1.54) is 11.3 Å². The van der Waals surface area contributed by atoms with E-state index in [1.807, 2.05) is 30.3 Å². The number of rotatable bonds is 4. The zero-order chi connectivity index (χ0) is 21.5. The number of aromatic nitrogens is 2. The second-order valence-corrected chi connectivity index (χ2v) is 10.1. The van der Waals surface area contributed by atoms with Crippen LogP contribution >= 0.6 is 55.1 Å². The molecule has 4 aromatic rings. The highest BCUT2D eigenvalue weighted by atomic mass is 79.9. The maximum atomic E-state index is 6.66. The SMILES string of the molecule is Clc1cc(Cl)c2c(c1)c1c(n2CCOc2c(Br)cc(Br)c3cccnc23)CCNCC1. The number of hydrogen-bond donors (Lipinski definition) is 1. The van der Waals surface area contributed by atoms with Crippen LogP contribution in [0.4, 0.5) is 0 Å². The first-order valence-corrected chi connectivity index (χ1v) is 12.4. The molecule has 0 spiro atoms. The molecule has 0 saturated carbocycles. The van der Waals surface area contributed by atoms with Crippen molar-refractivity contribution in [2.24, 2.45) is 0 Å². The molecule has 0 bridgehead atoms. The first kappa shape index (κ1) is 21.5. The van der Waals surface area contributed by atoms with Crippen LogP contribution in [0.3, 0.4) is 0 Å². The second-order valence-electron chi connectivity index (χ2n) is 7.53. The van der Waals surface area contributed by atoms with Crippen LogP contribution in [0.2, 0.25) is 10.0 Å². The predicted octanol–water partition coefficient (Wildman–Crippen LogP) is 6.79. The van der Waals surface area contributed by atoms with Gasteiger partial charge in [-0.05, 0) is 58.7 Å². The monoisotopic (exact) mass is 581 g/mol. The lowest BCUT2D eigenvalue weighted by Gasteiger charge is -2.15. The molecule has 0 amide bonds. The molecule has 2 aromatic carbocycles. The maximum Gasteiger partial charge on any atom is 0.159 e. The molecule has 0 fully saturated rings. The van der Waals surface area contributed by atoms with E-state index in [4.69, 9.17) is 27.9 Å². The minimum absolute atomic E-state index is 0.495. The smallest absolute Gasteiger partial charge is 0.159 e. The summed E-state index contributed by atoms with van der Waals surface area (Å²) in [4.78, 5) is 4.54. The van der Waals surface area contributed by atoms with Gasteiger partial charge in [-0.2, -0.15) is 0 Å². The highest BCUT2D eigenvalue weighted by molar-refractivity contribution is 9.11. The Morgan fingerprint density at radius 2 is 1.90 bits per heavy atom. The summed E-state index contributed by atoms with van der Waals surface area (Å²) in [5.41, 5.74) is 4.51. The minimum Gasteiger partial charge on any atom is -0.488 e. The molecule has 2 aromatic heterocycles.